The number of likely N-dealkylation sites (tertiary alicyclic amines) is 1. The fourth-order valence-electron chi connectivity index (χ4n) is 4.92. The van der Waals surface area contributed by atoms with Crippen LogP contribution in [-0.2, 0) is 9.59 Å². The van der Waals surface area contributed by atoms with E-state index in [0.29, 0.717) is 28.4 Å². The number of amides is 1. The molecule has 1 aliphatic carbocycles. The van der Waals surface area contributed by atoms with Crippen molar-refractivity contribution in [1.29, 1.82) is 0 Å². The molecule has 1 saturated carbocycles. The van der Waals surface area contributed by atoms with Crippen LogP contribution in [0.25, 0.3) is 5.76 Å². The van der Waals surface area contributed by atoms with E-state index in [9.17, 15) is 14.7 Å². The van der Waals surface area contributed by atoms with Gasteiger partial charge in [0.05, 0.1) is 38.5 Å². The first-order valence-corrected chi connectivity index (χ1v) is 11.2. The summed E-state index contributed by atoms with van der Waals surface area (Å²) in [5, 5.41) is 11.4. The van der Waals surface area contributed by atoms with Crippen LogP contribution >= 0.6 is 0 Å². The van der Waals surface area contributed by atoms with Crippen LogP contribution in [0.3, 0.4) is 0 Å². The molecule has 1 saturated heterocycles. The minimum Gasteiger partial charge on any atom is -0.507 e. The average Bonchev–Trinajstić information content (AvgIpc) is 3.13. The summed E-state index contributed by atoms with van der Waals surface area (Å²) in [6, 6.07) is 11.4. The van der Waals surface area contributed by atoms with Gasteiger partial charge in [-0.25, -0.2) is 0 Å². The highest BCUT2D eigenvalue weighted by molar-refractivity contribution is 6.46. The van der Waals surface area contributed by atoms with Crippen molar-refractivity contribution in [2.45, 2.75) is 44.2 Å². The first-order valence-electron chi connectivity index (χ1n) is 11.2. The Labute approximate surface area is 193 Å². The molecule has 2 aromatic carbocycles. The van der Waals surface area contributed by atoms with Gasteiger partial charge in [0.15, 0.2) is 0 Å². The number of methoxy groups -OCH3 is 3. The maximum absolute atomic E-state index is 13.4. The number of nitrogens with zero attached hydrogens (tertiary/aromatic N) is 1. The Kier molecular flexibility index (Phi) is 6.58. The van der Waals surface area contributed by atoms with E-state index in [1.165, 1.54) is 14.2 Å². The first-order chi connectivity index (χ1) is 16.0. The van der Waals surface area contributed by atoms with Crippen molar-refractivity contribution in [1.82, 2.24) is 4.90 Å². The normalized spacial score (nSPS) is 20.7. The molecule has 1 aliphatic heterocycles. The maximum atomic E-state index is 13.4. The number of rotatable bonds is 6. The van der Waals surface area contributed by atoms with Crippen LogP contribution in [0.4, 0.5) is 0 Å². The molecule has 33 heavy (non-hydrogen) atoms. The van der Waals surface area contributed by atoms with Gasteiger partial charge in [-0.15, -0.1) is 0 Å². The van der Waals surface area contributed by atoms with E-state index in [1.54, 1.807) is 36.3 Å². The number of ketones is 1. The molecule has 0 aromatic heterocycles. The number of Topliss-reactive ketones (excluding diaryl/α,β-unsaturated/α-hetero) is 1. The van der Waals surface area contributed by atoms with Crippen LogP contribution in [-0.4, -0.2) is 49.1 Å². The fraction of sp³-hybridized carbons (Fsp3) is 0.385. The summed E-state index contributed by atoms with van der Waals surface area (Å²) in [4.78, 5) is 28.3. The second kappa shape index (κ2) is 9.57. The van der Waals surface area contributed by atoms with E-state index in [2.05, 4.69) is 0 Å². The number of hydrogen-bond acceptors (Lipinski definition) is 6. The van der Waals surface area contributed by atoms with Gasteiger partial charge in [0.1, 0.15) is 23.0 Å². The highest BCUT2D eigenvalue weighted by Crippen LogP contribution is 2.46. The molecule has 0 radical (unpaired) electrons. The number of carbonyl (C=O) groups is 2. The van der Waals surface area contributed by atoms with Gasteiger partial charge >= 0.3 is 0 Å². The Balaban J connectivity index is 1.93. The van der Waals surface area contributed by atoms with Crippen molar-refractivity contribution in [3.63, 3.8) is 0 Å². The number of aliphatic hydroxyl groups excluding tert-OH is 1. The second-order valence-corrected chi connectivity index (χ2v) is 8.31. The molecule has 4 rings (SSSR count). The van der Waals surface area contributed by atoms with Gasteiger partial charge < -0.3 is 24.2 Å². The molecular weight excluding hydrogens is 422 g/mol. The quantitative estimate of drug-likeness (QED) is 0.396. The number of carbonyl (C=O) groups excluding carboxylic acids is 2. The number of para-hydroxylation sites is 1. The summed E-state index contributed by atoms with van der Waals surface area (Å²) in [7, 11) is 4.56. The molecule has 1 heterocycles. The van der Waals surface area contributed by atoms with Crippen molar-refractivity contribution >= 4 is 17.4 Å². The zero-order chi connectivity index (χ0) is 23.5. The predicted molar refractivity (Wildman–Crippen MR) is 124 cm³/mol. The Morgan fingerprint density at radius 2 is 1.61 bits per heavy atom. The molecule has 0 bridgehead atoms. The number of benzene rings is 2. The Morgan fingerprint density at radius 3 is 2.27 bits per heavy atom. The lowest BCUT2D eigenvalue weighted by Gasteiger charge is -2.35. The molecule has 7 nitrogen and oxygen atoms in total. The van der Waals surface area contributed by atoms with Gasteiger partial charge in [0.25, 0.3) is 11.7 Å². The van der Waals surface area contributed by atoms with Crippen LogP contribution in [0.15, 0.2) is 48.0 Å². The molecule has 1 N–H and O–H groups in total. The highest BCUT2D eigenvalue weighted by atomic mass is 16.5. The van der Waals surface area contributed by atoms with E-state index < -0.39 is 17.7 Å². The number of hydrogen-bond donors (Lipinski definition) is 1. The summed E-state index contributed by atoms with van der Waals surface area (Å²) < 4.78 is 16.3. The Bertz CT molecular complexity index is 1090. The van der Waals surface area contributed by atoms with Crippen LogP contribution < -0.4 is 14.2 Å². The molecule has 174 valence electrons. The average molecular weight is 452 g/mol. The van der Waals surface area contributed by atoms with Crippen LogP contribution in [0.2, 0.25) is 0 Å². The van der Waals surface area contributed by atoms with Gasteiger partial charge in [-0.3, -0.25) is 9.59 Å². The molecule has 7 heteroatoms. The van der Waals surface area contributed by atoms with E-state index >= 15 is 0 Å². The molecule has 1 atom stereocenters. The van der Waals surface area contributed by atoms with E-state index in [1.807, 2.05) is 18.2 Å². The molecule has 1 amide bonds. The van der Waals surface area contributed by atoms with Crippen molar-refractivity contribution in [2.75, 3.05) is 21.3 Å². The summed E-state index contributed by atoms with van der Waals surface area (Å²) in [5.41, 5.74) is 1.03. The van der Waals surface area contributed by atoms with E-state index in [0.717, 1.165) is 32.1 Å². The number of ether oxygens (including phenoxy) is 3. The minimum absolute atomic E-state index is 0.0403. The summed E-state index contributed by atoms with van der Waals surface area (Å²) in [5.74, 6) is -0.125. The molecule has 2 fully saturated rings. The third-order valence-corrected chi connectivity index (χ3v) is 6.55. The van der Waals surface area contributed by atoms with Crippen molar-refractivity contribution in [2.24, 2.45) is 0 Å². The lowest BCUT2D eigenvalue weighted by molar-refractivity contribution is -0.141. The third-order valence-electron chi connectivity index (χ3n) is 6.55. The monoisotopic (exact) mass is 451 g/mol. The Hall–Kier alpha value is -3.48. The van der Waals surface area contributed by atoms with Crippen LogP contribution in [0.5, 0.6) is 17.2 Å². The molecular formula is C26H29NO6. The summed E-state index contributed by atoms with van der Waals surface area (Å²) in [6.07, 6.45) is 4.76. The van der Waals surface area contributed by atoms with Crippen molar-refractivity contribution in [3.05, 3.63) is 59.2 Å². The second-order valence-electron chi connectivity index (χ2n) is 8.31. The zero-order valence-electron chi connectivity index (χ0n) is 19.2. The van der Waals surface area contributed by atoms with Crippen LogP contribution in [0.1, 0.15) is 49.3 Å². The summed E-state index contributed by atoms with van der Waals surface area (Å²) in [6.45, 7) is 0. The summed E-state index contributed by atoms with van der Waals surface area (Å²) >= 11 is 0. The van der Waals surface area contributed by atoms with Gasteiger partial charge in [-0.05, 0) is 31.0 Å². The third kappa shape index (κ3) is 4.03. The largest absolute Gasteiger partial charge is 0.507 e. The molecule has 0 spiro atoms. The lowest BCUT2D eigenvalue weighted by atomic mass is 9.90. The lowest BCUT2D eigenvalue weighted by Crippen LogP contribution is -2.40. The Morgan fingerprint density at radius 1 is 0.909 bits per heavy atom. The van der Waals surface area contributed by atoms with Gasteiger partial charge in [-0.2, -0.15) is 0 Å². The zero-order valence-corrected chi connectivity index (χ0v) is 19.2. The van der Waals surface area contributed by atoms with E-state index in [-0.39, 0.29) is 17.4 Å². The molecule has 1 unspecified atom stereocenters. The van der Waals surface area contributed by atoms with Crippen molar-refractivity contribution in [3.8, 4) is 17.2 Å². The maximum Gasteiger partial charge on any atom is 0.295 e. The minimum atomic E-state index is -0.754. The highest BCUT2D eigenvalue weighted by Gasteiger charge is 2.49. The molecule has 2 aliphatic rings. The van der Waals surface area contributed by atoms with Gasteiger partial charge in [0, 0.05) is 17.7 Å². The van der Waals surface area contributed by atoms with Crippen LogP contribution in [0, 0.1) is 0 Å². The smallest absolute Gasteiger partial charge is 0.295 e. The molecule has 2 aromatic rings. The standard InChI is InChI=1S/C26H29NO6/c1-31-17-13-14-19(21(15-17)33-3)24(28)22-23(18-11-7-8-12-20(18)32-2)27(26(30)25(22)29)16-9-5-4-6-10-16/h7-8,11-16,23,28H,4-6,9-10H2,1-3H3/b24-22+. The van der Waals surface area contributed by atoms with E-state index in [4.69, 9.17) is 14.2 Å². The predicted octanol–water partition coefficient (Wildman–Crippen LogP) is 4.47. The van der Waals surface area contributed by atoms with Gasteiger partial charge in [0.2, 0.25) is 0 Å². The van der Waals surface area contributed by atoms with Crippen molar-refractivity contribution < 1.29 is 28.9 Å². The fourth-order valence-corrected chi connectivity index (χ4v) is 4.92. The van der Waals surface area contributed by atoms with Gasteiger partial charge in [-0.1, -0.05) is 37.5 Å². The topological polar surface area (TPSA) is 85.3 Å². The first kappa shape index (κ1) is 22.7. The SMILES string of the molecule is COc1ccc(/C(O)=C2\C(=O)C(=O)N(C3CCCCC3)C2c2ccccc2OC)c(OC)c1. The number of aliphatic hydroxyl groups is 1.